The molecule has 13 heavy (non-hydrogen) atoms. The second-order valence-electron chi connectivity index (χ2n) is 2.42. The molecule has 1 aromatic carbocycles. The highest BCUT2D eigenvalue weighted by atomic mass is 19.3. The number of halogens is 4. The van der Waals surface area contributed by atoms with E-state index in [1.807, 2.05) is 0 Å². The monoisotopic (exact) mass is 194 g/mol. The van der Waals surface area contributed by atoms with E-state index in [1.54, 1.807) is 0 Å². The van der Waals surface area contributed by atoms with E-state index in [0.717, 1.165) is 0 Å². The fourth-order valence-corrected chi connectivity index (χ4v) is 0.943. The molecule has 0 saturated heterocycles. The zero-order valence-electron chi connectivity index (χ0n) is 6.40. The second kappa shape index (κ2) is 3.74. The summed E-state index contributed by atoms with van der Waals surface area (Å²) >= 11 is 0. The Labute approximate surface area is 71.6 Å². The van der Waals surface area contributed by atoms with Crippen molar-refractivity contribution < 1.29 is 22.7 Å². The van der Waals surface area contributed by atoms with E-state index in [-0.39, 0.29) is 5.56 Å². The second-order valence-corrected chi connectivity index (χ2v) is 2.42. The van der Waals surface area contributed by atoms with E-state index >= 15 is 0 Å². The Hall–Kier alpha value is -1.10. The standard InChI is InChI=1S/C8H6F4O/c9-6-1-4(3-13)5(8(11)12)2-7(6)10/h1-2,8,13H,3H2. The molecule has 0 heterocycles. The van der Waals surface area contributed by atoms with Gasteiger partial charge in [0.2, 0.25) is 0 Å². The zero-order valence-corrected chi connectivity index (χ0v) is 6.40. The zero-order chi connectivity index (χ0) is 10.0. The fourth-order valence-electron chi connectivity index (χ4n) is 0.943. The van der Waals surface area contributed by atoms with Gasteiger partial charge in [0.25, 0.3) is 6.43 Å². The lowest BCUT2D eigenvalue weighted by molar-refractivity contribution is 0.146. The van der Waals surface area contributed by atoms with Crippen LogP contribution in [0.1, 0.15) is 17.6 Å². The van der Waals surface area contributed by atoms with Crippen molar-refractivity contribution in [3.63, 3.8) is 0 Å². The highest BCUT2D eigenvalue weighted by Gasteiger charge is 2.16. The first kappa shape index (κ1) is 9.98. The molecule has 0 aliphatic rings. The molecule has 0 amide bonds. The van der Waals surface area contributed by atoms with E-state index in [2.05, 4.69) is 0 Å². The molecule has 0 aliphatic heterocycles. The van der Waals surface area contributed by atoms with Crippen LogP contribution in [0.4, 0.5) is 17.6 Å². The topological polar surface area (TPSA) is 20.2 Å². The van der Waals surface area contributed by atoms with Crippen molar-refractivity contribution in [3.8, 4) is 0 Å². The van der Waals surface area contributed by atoms with Crippen LogP contribution in [0.15, 0.2) is 12.1 Å². The van der Waals surface area contributed by atoms with Gasteiger partial charge < -0.3 is 5.11 Å². The molecule has 0 bridgehead atoms. The minimum absolute atomic E-state index is 0.297. The number of hydrogen-bond donors (Lipinski definition) is 1. The molecule has 5 heteroatoms. The van der Waals surface area contributed by atoms with Crippen LogP contribution in [-0.2, 0) is 6.61 Å². The van der Waals surface area contributed by atoms with E-state index < -0.39 is 30.2 Å². The van der Waals surface area contributed by atoms with Gasteiger partial charge in [0, 0.05) is 5.56 Å². The van der Waals surface area contributed by atoms with E-state index in [0.29, 0.717) is 12.1 Å². The molecule has 0 radical (unpaired) electrons. The third-order valence-electron chi connectivity index (χ3n) is 1.59. The van der Waals surface area contributed by atoms with Crippen LogP contribution in [0, 0.1) is 11.6 Å². The summed E-state index contributed by atoms with van der Waals surface area (Å²) in [5, 5.41) is 8.56. The van der Waals surface area contributed by atoms with Crippen molar-refractivity contribution in [2.75, 3.05) is 0 Å². The number of hydrogen-bond acceptors (Lipinski definition) is 1. The molecule has 0 spiro atoms. The maximum absolute atomic E-state index is 12.5. The van der Waals surface area contributed by atoms with Gasteiger partial charge >= 0.3 is 0 Å². The Balaban J connectivity index is 3.25. The van der Waals surface area contributed by atoms with E-state index in [1.165, 1.54) is 0 Å². The minimum atomic E-state index is -2.92. The maximum Gasteiger partial charge on any atom is 0.264 e. The number of aliphatic hydroxyl groups is 1. The number of benzene rings is 1. The summed E-state index contributed by atoms with van der Waals surface area (Å²) in [6.45, 7) is -0.739. The first-order valence-electron chi connectivity index (χ1n) is 3.43. The molecule has 0 aliphatic carbocycles. The predicted molar refractivity (Wildman–Crippen MR) is 37.2 cm³/mol. The van der Waals surface area contributed by atoms with Crippen LogP contribution < -0.4 is 0 Å². The smallest absolute Gasteiger partial charge is 0.264 e. The van der Waals surface area contributed by atoms with Crippen LogP contribution in [0.25, 0.3) is 0 Å². The third kappa shape index (κ3) is 1.98. The van der Waals surface area contributed by atoms with Crippen molar-refractivity contribution in [2.24, 2.45) is 0 Å². The molecule has 72 valence electrons. The quantitative estimate of drug-likeness (QED) is 0.716. The lowest BCUT2D eigenvalue weighted by atomic mass is 10.1. The fraction of sp³-hybridized carbons (Fsp3) is 0.250. The van der Waals surface area contributed by atoms with Crippen molar-refractivity contribution in [2.45, 2.75) is 13.0 Å². The van der Waals surface area contributed by atoms with Crippen molar-refractivity contribution in [1.82, 2.24) is 0 Å². The Morgan fingerprint density at radius 2 is 1.69 bits per heavy atom. The average Bonchev–Trinajstić information content (AvgIpc) is 2.08. The number of aliphatic hydroxyl groups excluding tert-OH is 1. The van der Waals surface area contributed by atoms with Gasteiger partial charge in [-0.05, 0) is 17.7 Å². The van der Waals surface area contributed by atoms with E-state index in [9.17, 15) is 17.6 Å². The first-order valence-corrected chi connectivity index (χ1v) is 3.43. The van der Waals surface area contributed by atoms with Crippen LogP contribution >= 0.6 is 0 Å². The van der Waals surface area contributed by atoms with E-state index in [4.69, 9.17) is 5.11 Å². The lowest BCUT2D eigenvalue weighted by Gasteiger charge is -2.06. The van der Waals surface area contributed by atoms with Gasteiger partial charge in [-0.25, -0.2) is 17.6 Å². The van der Waals surface area contributed by atoms with Gasteiger partial charge in [-0.3, -0.25) is 0 Å². The Kier molecular flexibility index (Phi) is 2.87. The van der Waals surface area contributed by atoms with Gasteiger partial charge in [0.15, 0.2) is 11.6 Å². The van der Waals surface area contributed by atoms with Crippen LogP contribution in [0.5, 0.6) is 0 Å². The van der Waals surface area contributed by atoms with Gasteiger partial charge in [-0.2, -0.15) is 0 Å². The average molecular weight is 194 g/mol. The molecular formula is C8H6F4O. The summed E-state index contributed by atoms with van der Waals surface area (Å²) in [4.78, 5) is 0. The van der Waals surface area contributed by atoms with Crippen molar-refractivity contribution in [3.05, 3.63) is 34.9 Å². The first-order chi connectivity index (χ1) is 6.06. The Morgan fingerprint density at radius 3 is 2.15 bits per heavy atom. The lowest BCUT2D eigenvalue weighted by Crippen LogP contribution is -1.98. The molecule has 1 nitrogen and oxygen atoms in total. The van der Waals surface area contributed by atoms with Crippen molar-refractivity contribution >= 4 is 0 Å². The predicted octanol–water partition coefficient (Wildman–Crippen LogP) is 2.39. The molecule has 0 saturated carbocycles. The summed E-state index contributed by atoms with van der Waals surface area (Å²) in [7, 11) is 0. The Bertz CT molecular complexity index is 311. The molecule has 1 aromatic rings. The highest BCUT2D eigenvalue weighted by molar-refractivity contribution is 5.29. The summed E-state index contributed by atoms with van der Waals surface area (Å²) < 4.78 is 49.2. The largest absolute Gasteiger partial charge is 0.392 e. The molecule has 0 fully saturated rings. The molecule has 0 aromatic heterocycles. The molecule has 1 N–H and O–H groups in total. The van der Waals surface area contributed by atoms with Crippen LogP contribution in [0.2, 0.25) is 0 Å². The number of alkyl halides is 2. The summed E-state index contributed by atoms with van der Waals surface area (Å²) in [5.74, 6) is -2.58. The van der Waals surface area contributed by atoms with Gasteiger partial charge in [0.05, 0.1) is 6.61 Å². The summed E-state index contributed by atoms with van der Waals surface area (Å²) in [6, 6.07) is 0.961. The maximum atomic E-state index is 12.5. The molecular weight excluding hydrogens is 188 g/mol. The minimum Gasteiger partial charge on any atom is -0.392 e. The molecule has 0 atom stereocenters. The van der Waals surface area contributed by atoms with Gasteiger partial charge in [-0.1, -0.05) is 0 Å². The van der Waals surface area contributed by atoms with Gasteiger partial charge in [0.1, 0.15) is 0 Å². The third-order valence-corrected chi connectivity index (χ3v) is 1.59. The summed E-state index contributed by atoms with van der Waals surface area (Å²) in [6.07, 6.45) is -2.92. The van der Waals surface area contributed by atoms with Crippen LogP contribution in [0.3, 0.4) is 0 Å². The van der Waals surface area contributed by atoms with Gasteiger partial charge in [-0.15, -0.1) is 0 Å². The normalized spacial score (nSPS) is 10.9. The molecule has 0 unspecified atom stereocenters. The summed E-state index contributed by atoms with van der Waals surface area (Å²) in [5.41, 5.74) is -0.977. The van der Waals surface area contributed by atoms with Crippen LogP contribution in [-0.4, -0.2) is 5.11 Å². The number of rotatable bonds is 2. The SMILES string of the molecule is OCc1cc(F)c(F)cc1C(F)F. The van der Waals surface area contributed by atoms with Crippen molar-refractivity contribution in [1.29, 1.82) is 0 Å². The molecule has 1 rings (SSSR count). The Morgan fingerprint density at radius 1 is 1.15 bits per heavy atom. The highest BCUT2D eigenvalue weighted by Crippen LogP contribution is 2.25.